The molecule has 0 atom stereocenters. The maximum absolute atomic E-state index is 13.6. The van der Waals surface area contributed by atoms with Gasteiger partial charge < -0.3 is 20.1 Å². The van der Waals surface area contributed by atoms with E-state index in [1.165, 1.54) is 18.1 Å². The number of nitrogens with two attached hydrogens (primary N) is 1. The van der Waals surface area contributed by atoms with Crippen molar-refractivity contribution in [3.63, 3.8) is 0 Å². The highest BCUT2D eigenvalue weighted by molar-refractivity contribution is 5.80. The minimum atomic E-state index is -4.57. The van der Waals surface area contributed by atoms with Crippen molar-refractivity contribution in [2.45, 2.75) is 32.7 Å². The maximum atomic E-state index is 13.6. The van der Waals surface area contributed by atoms with Crippen molar-refractivity contribution in [2.75, 3.05) is 13.7 Å². The lowest BCUT2D eigenvalue weighted by atomic mass is 9.94. The first kappa shape index (κ1) is 26.6. The average Bonchev–Trinajstić information content (AvgIpc) is 2.85. The molecule has 0 saturated carbocycles. The summed E-state index contributed by atoms with van der Waals surface area (Å²) < 4.78 is 51.5. The molecule has 3 rings (SSSR count). The van der Waals surface area contributed by atoms with E-state index in [0.29, 0.717) is 22.4 Å². The molecule has 0 unspecified atom stereocenters. The van der Waals surface area contributed by atoms with E-state index in [1.54, 1.807) is 37.3 Å². The van der Waals surface area contributed by atoms with Crippen molar-refractivity contribution in [1.82, 2.24) is 4.90 Å². The topological polar surface area (TPSA) is 81.9 Å². The van der Waals surface area contributed by atoms with E-state index in [2.05, 4.69) is 0 Å². The summed E-state index contributed by atoms with van der Waals surface area (Å²) in [7, 11) is 1.44. The van der Waals surface area contributed by atoms with Crippen LogP contribution in [0.5, 0.6) is 5.75 Å². The van der Waals surface area contributed by atoms with Gasteiger partial charge in [-0.05, 0) is 53.4 Å². The molecule has 0 spiro atoms. The number of hydrogen-bond acceptors (Lipinski definition) is 4. The second-order valence-electron chi connectivity index (χ2n) is 8.10. The number of carbonyl (C=O) groups excluding carboxylic acids is 2. The van der Waals surface area contributed by atoms with Gasteiger partial charge in [-0.15, -0.1) is 0 Å². The van der Waals surface area contributed by atoms with Crippen LogP contribution in [0, 0.1) is 0 Å². The summed E-state index contributed by atoms with van der Waals surface area (Å²) in [6.45, 7) is 1.83. The van der Waals surface area contributed by atoms with E-state index in [-0.39, 0.29) is 31.7 Å². The van der Waals surface area contributed by atoms with Crippen molar-refractivity contribution in [3.05, 3.63) is 89.0 Å². The number of rotatable bonds is 9. The zero-order chi connectivity index (χ0) is 26.3. The largest absolute Gasteiger partial charge is 0.496 e. The number of nitrogens with zero attached hydrogens (tertiary/aromatic N) is 1. The van der Waals surface area contributed by atoms with Crippen molar-refractivity contribution in [1.29, 1.82) is 0 Å². The number of carbonyl (C=O) groups is 2. The third kappa shape index (κ3) is 6.78. The molecule has 6 nitrogen and oxygen atoms in total. The van der Waals surface area contributed by atoms with E-state index in [1.807, 2.05) is 18.2 Å². The van der Waals surface area contributed by atoms with Gasteiger partial charge in [0.2, 0.25) is 5.91 Å². The van der Waals surface area contributed by atoms with Crippen LogP contribution < -0.4 is 10.5 Å². The number of amides is 2. The van der Waals surface area contributed by atoms with E-state index in [9.17, 15) is 22.8 Å². The Bertz CT molecular complexity index is 1210. The summed E-state index contributed by atoms with van der Waals surface area (Å²) in [4.78, 5) is 25.5. The van der Waals surface area contributed by atoms with Gasteiger partial charge in [0.15, 0.2) is 0 Å². The third-order valence-electron chi connectivity index (χ3n) is 5.57. The first-order valence-corrected chi connectivity index (χ1v) is 11.2. The fourth-order valence-electron chi connectivity index (χ4n) is 3.76. The predicted octanol–water partition coefficient (Wildman–Crippen LogP) is 5.57. The average molecular weight is 501 g/mol. The molecular formula is C27H27F3N2O4. The Balaban J connectivity index is 1.99. The molecule has 3 aromatic rings. The van der Waals surface area contributed by atoms with Crippen LogP contribution >= 0.6 is 0 Å². The van der Waals surface area contributed by atoms with Crippen LogP contribution in [0.2, 0.25) is 0 Å². The van der Waals surface area contributed by atoms with Gasteiger partial charge >= 0.3 is 12.3 Å². The van der Waals surface area contributed by atoms with Crippen LogP contribution in [0.15, 0.2) is 66.7 Å². The summed E-state index contributed by atoms with van der Waals surface area (Å²) in [5.41, 5.74) is 7.00. The molecular weight excluding hydrogens is 473 g/mol. The Morgan fingerprint density at radius 2 is 1.67 bits per heavy atom. The maximum Gasteiger partial charge on any atom is 0.416 e. The van der Waals surface area contributed by atoms with Gasteiger partial charge in [-0.1, -0.05) is 42.5 Å². The lowest BCUT2D eigenvalue weighted by Gasteiger charge is -2.23. The molecule has 3 aromatic carbocycles. The van der Waals surface area contributed by atoms with E-state index in [4.69, 9.17) is 15.2 Å². The first-order chi connectivity index (χ1) is 17.1. The monoisotopic (exact) mass is 500 g/mol. The van der Waals surface area contributed by atoms with E-state index >= 15 is 0 Å². The van der Waals surface area contributed by atoms with Crippen LogP contribution in [-0.4, -0.2) is 30.6 Å². The Labute approximate surface area is 207 Å². The molecule has 0 aliphatic carbocycles. The second-order valence-corrected chi connectivity index (χ2v) is 8.10. The predicted molar refractivity (Wildman–Crippen MR) is 129 cm³/mol. The Morgan fingerprint density at radius 3 is 2.28 bits per heavy atom. The van der Waals surface area contributed by atoms with Crippen molar-refractivity contribution in [2.24, 2.45) is 5.73 Å². The van der Waals surface area contributed by atoms with Gasteiger partial charge in [0.25, 0.3) is 0 Å². The molecule has 0 aliphatic heterocycles. The fourth-order valence-corrected chi connectivity index (χ4v) is 3.76. The smallest absolute Gasteiger partial charge is 0.416 e. The second kappa shape index (κ2) is 11.6. The van der Waals surface area contributed by atoms with Crippen LogP contribution in [-0.2, 0) is 35.3 Å². The normalized spacial score (nSPS) is 11.1. The number of benzene rings is 3. The summed E-state index contributed by atoms with van der Waals surface area (Å²) in [5.74, 6) is -0.143. The molecule has 190 valence electrons. The molecule has 0 aromatic heterocycles. The van der Waals surface area contributed by atoms with Crippen molar-refractivity contribution >= 4 is 12.0 Å². The lowest BCUT2D eigenvalue weighted by molar-refractivity contribution is -0.137. The molecule has 2 amide bonds. The van der Waals surface area contributed by atoms with Crippen molar-refractivity contribution < 1.29 is 32.2 Å². The number of methoxy groups -OCH3 is 1. The van der Waals surface area contributed by atoms with E-state index in [0.717, 1.165) is 17.7 Å². The molecule has 36 heavy (non-hydrogen) atoms. The highest BCUT2D eigenvalue weighted by atomic mass is 19.4. The number of primary amides is 1. The van der Waals surface area contributed by atoms with Gasteiger partial charge in [-0.2, -0.15) is 13.2 Å². The van der Waals surface area contributed by atoms with Crippen LogP contribution in [0.3, 0.4) is 0 Å². The summed E-state index contributed by atoms with van der Waals surface area (Å²) in [5, 5.41) is 0. The zero-order valence-electron chi connectivity index (χ0n) is 20.0. The van der Waals surface area contributed by atoms with Crippen LogP contribution in [0.1, 0.15) is 29.2 Å². The molecule has 0 aliphatic rings. The van der Waals surface area contributed by atoms with E-state index < -0.39 is 23.7 Å². The lowest BCUT2D eigenvalue weighted by Crippen LogP contribution is -2.31. The number of halogens is 3. The molecule has 0 heterocycles. The molecule has 2 N–H and O–H groups in total. The quantitative estimate of drug-likeness (QED) is 0.417. The van der Waals surface area contributed by atoms with Crippen molar-refractivity contribution in [3.8, 4) is 16.9 Å². The zero-order valence-corrected chi connectivity index (χ0v) is 20.0. The fraction of sp³-hybridized carbons (Fsp3) is 0.259. The SMILES string of the molecule is CCN(Cc1cc(C(F)(F)F)ccc1-c1cc(CC(N)=O)ccc1OC)C(=O)OCc1ccccc1. The highest BCUT2D eigenvalue weighted by Gasteiger charge is 2.32. The van der Waals surface area contributed by atoms with Crippen LogP contribution in [0.25, 0.3) is 11.1 Å². The highest BCUT2D eigenvalue weighted by Crippen LogP contribution is 2.38. The number of ether oxygens (including phenoxy) is 2. The standard InChI is InChI=1S/C27H27F3N2O4/c1-3-32(26(34)36-17-18-7-5-4-6-8-18)16-20-15-21(27(28,29)30)10-11-22(20)23-13-19(14-25(31)33)9-12-24(23)35-2/h4-13,15H,3,14,16-17H2,1-2H3,(H2,31,33). The molecule has 0 fully saturated rings. The molecule has 9 heteroatoms. The summed E-state index contributed by atoms with van der Waals surface area (Å²) in [6, 6.07) is 17.4. The van der Waals surface area contributed by atoms with Gasteiger partial charge in [0, 0.05) is 18.7 Å². The molecule has 0 saturated heterocycles. The van der Waals surface area contributed by atoms with Crippen LogP contribution in [0.4, 0.5) is 18.0 Å². The molecule has 0 bridgehead atoms. The third-order valence-corrected chi connectivity index (χ3v) is 5.57. The number of alkyl halides is 3. The van der Waals surface area contributed by atoms with Gasteiger partial charge in [0.05, 0.1) is 19.1 Å². The first-order valence-electron chi connectivity index (χ1n) is 11.2. The Morgan fingerprint density at radius 1 is 0.944 bits per heavy atom. The number of hydrogen-bond donors (Lipinski definition) is 1. The Kier molecular flexibility index (Phi) is 8.58. The molecule has 0 radical (unpaired) electrons. The van der Waals surface area contributed by atoms with Gasteiger partial charge in [0.1, 0.15) is 12.4 Å². The van der Waals surface area contributed by atoms with Gasteiger partial charge in [-0.25, -0.2) is 4.79 Å². The summed E-state index contributed by atoms with van der Waals surface area (Å²) in [6.07, 6.45) is -5.27. The minimum Gasteiger partial charge on any atom is -0.496 e. The Hall–Kier alpha value is -4.01. The van der Waals surface area contributed by atoms with Gasteiger partial charge in [-0.3, -0.25) is 4.79 Å². The summed E-state index contributed by atoms with van der Waals surface area (Å²) >= 11 is 0. The minimum absolute atomic E-state index is 0.0363.